The molecule has 1 aliphatic rings. The molecule has 0 bridgehead atoms. The SMILES string of the molecule is COc1ccc(C(OC[C@H]2O[C@@H](n3nc(Br)c4c(/N=C/N(C)C)ncnc43)C[C@@H]2OP(OCCC#N)N(C(C)C)C(C)C)(c2ccccc2)c2ccc(OC)cc2)cc1. The van der Waals surface area contributed by atoms with E-state index >= 15 is 0 Å². The summed E-state index contributed by atoms with van der Waals surface area (Å²) in [6, 6.07) is 28.4. The van der Waals surface area contributed by atoms with Gasteiger partial charge >= 0.3 is 0 Å². The summed E-state index contributed by atoms with van der Waals surface area (Å²) >= 11 is 3.66. The van der Waals surface area contributed by atoms with Crippen LogP contribution in [0.1, 0.15) is 63.5 Å². The van der Waals surface area contributed by atoms with Crippen LogP contribution in [0.3, 0.4) is 0 Å². The summed E-state index contributed by atoms with van der Waals surface area (Å²) in [6.07, 6.45) is 2.03. The van der Waals surface area contributed by atoms with Crippen LogP contribution in [0.15, 0.2) is 94.8 Å². The molecule has 0 N–H and O–H groups in total. The minimum absolute atomic E-state index is 0.0933. The van der Waals surface area contributed by atoms with Crippen LogP contribution in [0.5, 0.6) is 11.5 Å². The second-order valence-corrected chi connectivity index (χ2v) is 16.9. The lowest BCUT2D eigenvalue weighted by atomic mass is 9.80. The maximum Gasteiger partial charge on any atom is 0.259 e. The Bertz CT molecular complexity index is 2130. The lowest BCUT2D eigenvalue weighted by Gasteiger charge is -2.39. The lowest BCUT2D eigenvalue weighted by molar-refractivity contribution is -0.0932. The largest absolute Gasteiger partial charge is 0.497 e. The molecule has 0 amide bonds. The first-order valence-corrected chi connectivity index (χ1v) is 21.4. The fourth-order valence-corrected chi connectivity index (χ4v) is 9.47. The van der Waals surface area contributed by atoms with E-state index in [0.717, 1.165) is 28.2 Å². The van der Waals surface area contributed by atoms with Crippen LogP contribution in [0.2, 0.25) is 0 Å². The smallest absolute Gasteiger partial charge is 0.259 e. The molecule has 1 aliphatic heterocycles. The second kappa shape index (κ2) is 20.2. The fourth-order valence-electron chi connectivity index (χ4n) is 7.19. The van der Waals surface area contributed by atoms with Crippen molar-refractivity contribution in [3.8, 4) is 17.6 Å². The van der Waals surface area contributed by atoms with Gasteiger partial charge in [0.15, 0.2) is 17.7 Å². The minimum Gasteiger partial charge on any atom is -0.497 e. The number of rotatable bonds is 19. The molecule has 2 aromatic heterocycles. The summed E-state index contributed by atoms with van der Waals surface area (Å²) in [7, 11) is 5.45. The predicted molar refractivity (Wildman–Crippen MR) is 232 cm³/mol. The van der Waals surface area contributed by atoms with Gasteiger partial charge in [-0.15, -0.1) is 0 Å². The molecule has 1 fully saturated rings. The van der Waals surface area contributed by atoms with Crippen LogP contribution >= 0.6 is 24.5 Å². The third-order valence-corrected chi connectivity index (χ3v) is 12.5. The van der Waals surface area contributed by atoms with Crippen LogP contribution in [0.4, 0.5) is 5.82 Å². The maximum atomic E-state index is 9.42. The molecule has 3 heterocycles. The van der Waals surface area contributed by atoms with Crippen LogP contribution in [0.25, 0.3) is 11.0 Å². The number of hydrogen-bond donors (Lipinski definition) is 0. The Hall–Kier alpha value is -4.52. The highest BCUT2D eigenvalue weighted by atomic mass is 79.9. The van der Waals surface area contributed by atoms with Crippen LogP contribution in [0, 0.1) is 11.3 Å². The average molecular weight is 888 g/mol. The molecule has 0 radical (unpaired) electrons. The number of aromatic nitrogens is 4. The van der Waals surface area contributed by atoms with Crippen molar-refractivity contribution < 1.29 is 28.0 Å². The van der Waals surface area contributed by atoms with E-state index in [1.165, 1.54) is 6.33 Å². The monoisotopic (exact) mass is 886 g/mol. The zero-order valence-corrected chi connectivity index (χ0v) is 37.2. The molecule has 6 rings (SSSR count). The summed E-state index contributed by atoms with van der Waals surface area (Å²) in [6.45, 7) is 8.79. The number of ether oxygens (including phenoxy) is 4. The van der Waals surface area contributed by atoms with Crippen molar-refractivity contribution in [2.45, 2.75) is 76.7 Å². The summed E-state index contributed by atoms with van der Waals surface area (Å²) in [5, 5.41) is 14.9. The standard InChI is InChI=1S/C43H52BrN8O6P/c1-29(2)52(30(3)4)59(56-24-12-23-45)58-36-25-38(51-42-39(40(44)49-51)41(46-27-47-42)48-28-50(5)6)57-37(36)26-55-43(31-13-10-9-11-14-31,32-15-19-34(53-7)20-16-32)33-17-21-35(54-8)22-18-33/h9-11,13-22,27-30,36-38H,12,24-26H2,1-8H3/b48-28+/t36-,37+,38+,59?/m0/s1. The van der Waals surface area contributed by atoms with Crippen LogP contribution in [-0.4, -0.2) is 101 Å². The molecule has 4 atom stereocenters. The van der Waals surface area contributed by atoms with E-state index in [1.54, 1.807) is 25.2 Å². The zero-order valence-electron chi connectivity index (χ0n) is 34.7. The second-order valence-electron chi connectivity index (χ2n) is 14.7. The van der Waals surface area contributed by atoms with E-state index in [1.807, 2.05) is 85.7 Å². The molecule has 1 unspecified atom stereocenters. The predicted octanol–water partition coefficient (Wildman–Crippen LogP) is 8.78. The molecular formula is C43H52BrN8O6P. The van der Waals surface area contributed by atoms with Gasteiger partial charge in [-0.2, -0.15) is 10.4 Å². The Morgan fingerprint density at radius 3 is 2.12 bits per heavy atom. The van der Waals surface area contributed by atoms with Gasteiger partial charge in [0.25, 0.3) is 8.53 Å². The first-order valence-electron chi connectivity index (χ1n) is 19.5. The van der Waals surface area contributed by atoms with Crippen molar-refractivity contribution in [1.29, 1.82) is 5.26 Å². The van der Waals surface area contributed by atoms with Crippen LogP contribution in [-0.2, 0) is 24.1 Å². The highest BCUT2D eigenvalue weighted by molar-refractivity contribution is 9.10. The summed E-state index contributed by atoms with van der Waals surface area (Å²) in [5.41, 5.74) is 2.14. The van der Waals surface area contributed by atoms with Gasteiger partial charge in [0.05, 0.1) is 57.8 Å². The third-order valence-electron chi connectivity index (χ3n) is 9.82. The average Bonchev–Trinajstić information content (AvgIpc) is 3.80. The molecule has 0 spiro atoms. The first-order chi connectivity index (χ1) is 28.5. The van der Waals surface area contributed by atoms with Gasteiger partial charge in [0.1, 0.15) is 34.1 Å². The minimum atomic E-state index is -1.64. The molecule has 0 saturated carbocycles. The fraction of sp³-hybridized carbons (Fsp3) is 0.419. The molecule has 0 aliphatic carbocycles. The van der Waals surface area contributed by atoms with Crippen molar-refractivity contribution in [3.63, 3.8) is 0 Å². The Labute approximate surface area is 356 Å². The molecule has 59 heavy (non-hydrogen) atoms. The van der Waals surface area contributed by atoms with E-state index in [4.69, 9.17) is 33.1 Å². The number of halogens is 1. The Balaban J connectivity index is 1.45. The molecule has 3 aromatic carbocycles. The number of methoxy groups -OCH3 is 2. The Morgan fingerprint density at radius 1 is 0.949 bits per heavy atom. The van der Waals surface area contributed by atoms with E-state index in [2.05, 4.69) is 81.5 Å². The summed E-state index contributed by atoms with van der Waals surface area (Å²) in [4.78, 5) is 15.5. The first kappa shape index (κ1) is 44.0. The van der Waals surface area contributed by atoms with Crippen molar-refractivity contribution in [1.82, 2.24) is 29.3 Å². The number of hydrogen-bond acceptors (Lipinski definition) is 12. The number of fused-ring (bicyclic) bond motifs is 1. The van der Waals surface area contributed by atoms with Gasteiger partial charge in [-0.1, -0.05) is 54.6 Å². The Morgan fingerprint density at radius 2 is 1.56 bits per heavy atom. The van der Waals surface area contributed by atoms with Crippen molar-refractivity contribution in [3.05, 3.63) is 106 Å². The number of benzene rings is 3. The molecular weight excluding hydrogens is 835 g/mol. The van der Waals surface area contributed by atoms with E-state index in [9.17, 15) is 5.26 Å². The molecule has 14 nitrogen and oxygen atoms in total. The van der Waals surface area contributed by atoms with E-state index in [-0.39, 0.29) is 31.7 Å². The lowest BCUT2D eigenvalue weighted by Crippen LogP contribution is -2.39. The molecule has 1 saturated heterocycles. The summed E-state index contributed by atoms with van der Waals surface area (Å²) < 4.78 is 43.5. The Kier molecular flexibility index (Phi) is 15.0. The number of nitriles is 1. The number of aliphatic imine (C=N–C) groups is 1. The molecule has 312 valence electrons. The highest BCUT2D eigenvalue weighted by Gasteiger charge is 2.45. The highest BCUT2D eigenvalue weighted by Crippen LogP contribution is 2.51. The number of nitrogens with zero attached hydrogens (tertiary/aromatic N) is 8. The maximum absolute atomic E-state index is 9.42. The van der Waals surface area contributed by atoms with Crippen molar-refractivity contribution in [2.24, 2.45) is 4.99 Å². The normalized spacial score (nSPS) is 17.6. The molecule has 5 aromatic rings. The van der Waals surface area contributed by atoms with Gasteiger partial charge in [-0.25, -0.2) is 24.3 Å². The summed E-state index contributed by atoms with van der Waals surface area (Å²) in [5.74, 6) is 1.92. The van der Waals surface area contributed by atoms with Gasteiger partial charge in [-0.3, -0.25) is 0 Å². The van der Waals surface area contributed by atoms with E-state index in [0.29, 0.717) is 27.9 Å². The third kappa shape index (κ3) is 9.93. The quantitative estimate of drug-likeness (QED) is 0.0257. The van der Waals surface area contributed by atoms with Gasteiger partial charge in [0.2, 0.25) is 0 Å². The van der Waals surface area contributed by atoms with Crippen molar-refractivity contribution in [2.75, 3.05) is 41.5 Å². The van der Waals surface area contributed by atoms with Gasteiger partial charge in [0, 0.05) is 32.6 Å². The van der Waals surface area contributed by atoms with E-state index < -0.39 is 32.6 Å². The topological polar surface area (TPSA) is 142 Å². The van der Waals surface area contributed by atoms with Gasteiger partial charge < -0.3 is 32.9 Å². The van der Waals surface area contributed by atoms with Crippen molar-refractivity contribution >= 4 is 47.6 Å². The van der Waals surface area contributed by atoms with Crippen LogP contribution < -0.4 is 9.47 Å². The molecule has 16 heteroatoms. The van der Waals surface area contributed by atoms with Gasteiger partial charge in [-0.05, 0) is 84.6 Å². The zero-order chi connectivity index (χ0) is 42.1.